The molecule has 2 aromatic heterocycles. The lowest BCUT2D eigenvalue weighted by molar-refractivity contribution is 1.15. The molecule has 74 valence electrons. The highest BCUT2D eigenvalue weighted by Gasteiger charge is 2.05. The Morgan fingerprint density at radius 1 is 1.50 bits per heavy atom. The number of aromatic nitrogens is 2. The van der Waals surface area contributed by atoms with Crippen LogP contribution in [0.25, 0.3) is 0 Å². The molecule has 0 unspecified atom stereocenters. The molecule has 0 spiro atoms. The predicted molar refractivity (Wildman–Crippen MR) is 61.3 cm³/mol. The third-order valence-electron chi connectivity index (χ3n) is 1.83. The molecule has 0 bridgehead atoms. The molecule has 0 aliphatic heterocycles. The van der Waals surface area contributed by atoms with Crippen LogP contribution in [0.4, 0.5) is 5.82 Å². The zero-order valence-electron chi connectivity index (χ0n) is 7.45. The van der Waals surface area contributed by atoms with E-state index in [1.807, 2.05) is 0 Å². The molecule has 0 aliphatic carbocycles. The largest absolute Gasteiger partial charge is 0.362 e. The Kier molecular flexibility index (Phi) is 3.00. The summed E-state index contributed by atoms with van der Waals surface area (Å²) in [6.45, 7) is 2.85. The smallest absolute Gasteiger partial charge is 0.186 e. The third-order valence-corrected chi connectivity index (χ3v) is 3.75. The molecule has 6 heteroatoms. The molecular weight excluding hydrogens is 238 g/mol. The number of hydrogen-bond donors (Lipinski definition) is 1. The van der Waals surface area contributed by atoms with Gasteiger partial charge in [0.2, 0.25) is 0 Å². The molecule has 1 N–H and O–H groups in total. The van der Waals surface area contributed by atoms with Crippen LogP contribution in [0.3, 0.4) is 0 Å². The van der Waals surface area contributed by atoms with E-state index in [-0.39, 0.29) is 0 Å². The van der Waals surface area contributed by atoms with Crippen LogP contribution in [0.5, 0.6) is 0 Å². The maximum Gasteiger partial charge on any atom is 0.186 e. The molecular formula is C8H8ClN3S2. The highest BCUT2D eigenvalue weighted by Crippen LogP contribution is 2.21. The maximum atomic E-state index is 5.80. The molecule has 0 amide bonds. The zero-order chi connectivity index (χ0) is 9.97. The van der Waals surface area contributed by atoms with Gasteiger partial charge in [0.1, 0.15) is 0 Å². The van der Waals surface area contributed by atoms with E-state index >= 15 is 0 Å². The minimum Gasteiger partial charge on any atom is -0.362 e. The van der Waals surface area contributed by atoms with Crippen LogP contribution in [-0.4, -0.2) is 8.75 Å². The fourth-order valence-corrected chi connectivity index (χ4v) is 2.56. The molecule has 2 rings (SSSR count). The van der Waals surface area contributed by atoms with E-state index in [2.05, 4.69) is 32.4 Å². The number of nitrogens with one attached hydrogen (secondary N) is 1. The van der Waals surface area contributed by atoms with Crippen molar-refractivity contribution in [2.75, 3.05) is 5.32 Å². The maximum absolute atomic E-state index is 5.80. The Hall–Kier alpha value is -0.650. The van der Waals surface area contributed by atoms with Gasteiger partial charge in [0.05, 0.1) is 18.3 Å². The van der Waals surface area contributed by atoms with Crippen LogP contribution in [0, 0.1) is 6.92 Å². The predicted octanol–water partition coefficient (Wildman–Crippen LogP) is 3.17. The molecule has 0 aliphatic rings. The van der Waals surface area contributed by atoms with Gasteiger partial charge >= 0.3 is 0 Å². The lowest BCUT2D eigenvalue weighted by atomic mass is 10.3. The average Bonchev–Trinajstić information content (AvgIpc) is 2.72. The highest BCUT2D eigenvalue weighted by atomic mass is 35.5. The quantitative estimate of drug-likeness (QED) is 0.903. The van der Waals surface area contributed by atoms with Crippen LogP contribution in [0.1, 0.15) is 10.4 Å². The van der Waals surface area contributed by atoms with Crippen molar-refractivity contribution >= 4 is 40.5 Å². The highest BCUT2D eigenvalue weighted by molar-refractivity contribution is 7.10. The minimum absolute atomic E-state index is 0.448. The van der Waals surface area contributed by atoms with Crippen LogP contribution < -0.4 is 5.32 Å². The zero-order valence-corrected chi connectivity index (χ0v) is 9.84. The Labute approximate surface area is 95.1 Å². The summed E-state index contributed by atoms with van der Waals surface area (Å²) in [5.41, 5.74) is 1.29. The summed E-state index contributed by atoms with van der Waals surface area (Å²) in [4.78, 5) is 1.30. The van der Waals surface area contributed by atoms with Gasteiger partial charge in [-0.1, -0.05) is 11.6 Å². The first-order valence-electron chi connectivity index (χ1n) is 4.02. The number of nitrogens with zero attached hydrogens (tertiary/aromatic N) is 2. The number of anilines is 1. The summed E-state index contributed by atoms with van der Waals surface area (Å²) >= 11 is 8.64. The van der Waals surface area contributed by atoms with Crippen molar-refractivity contribution in [3.05, 3.63) is 27.0 Å². The van der Waals surface area contributed by atoms with Crippen molar-refractivity contribution in [3.8, 4) is 0 Å². The Bertz CT molecular complexity index is 383. The molecule has 0 saturated heterocycles. The van der Waals surface area contributed by atoms with Gasteiger partial charge < -0.3 is 5.32 Å². The first-order chi connectivity index (χ1) is 6.77. The normalized spacial score (nSPS) is 10.4. The van der Waals surface area contributed by atoms with Gasteiger partial charge in [0.25, 0.3) is 0 Å². The fourth-order valence-electron chi connectivity index (χ4n) is 1.03. The summed E-state index contributed by atoms with van der Waals surface area (Å²) in [6.07, 6.45) is 0. The Morgan fingerprint density at radius 2 is 2.36 bits per heavy atom. The van der Waals surface area contributed by atoms with E-state index in [1.54, 1.807) is 11.3 Å². The molecule has 0 atom stereocenters. The number of rotatable bonds is 3. The summed E-state index contributed by atoms with van der Waals surface area (Å²) < 4.78 is 7.91. The van der Waals surface area contributed by atoms with E-state index in [4.69, 9.17) is 11.6 Å². The molecule has 0 aromatic carbocycles. The first kappa shape index (κ1) is 9.89. The topological polar surface area (TPSA) is 37.8 Å². The number of aryl methyl sites for hydroxylation is 1. The summed E-state index contributed by atoms with van der Waals surface area (Å²) in [5.74, 6) is 0.671. The van der Waals surface area contributed by atoms with Gasteiger partial charge in [-0.3, -0.25) is 0 Å². The van der Waals surface area contributed by atoms with Crippen LogP contribution in [-0.2, 0) is 6.54 Å². The van der Waals surface area contributed by atoms with Crippen molar-refractivity contribution in [1.82, 2.24) is 8.75 Å². The van der Waals surface area contributed by atoms with Gasteiger partial charge in [-0.15, -0.1) is 11.3 Å². The summed E-state index contributed by atoms with van der Waals surface area (Å²) in [5, 5.41) is 5.68. The molecule has 2 aromatic rings. The van der Waals surface area contributed by atoms with E-state index in [0.717, 1.165) is 18.3 Å². The number of hydrogen-bond acceptors (Lipinski definition) is 5. The van der Waals surface area contributed by atoms with Crippen molar-refractivity contribution < 1.29 is 0 Å². The van der Waals surface area contributed by atoms with Crippen molar-refractivity contribution in [1.29, 1.82) is 0 Å². The standard InChI is InChI=1S/C8H8ClN3S2/c1-5-2-3-13-6(5)4-10-8-7(9)11-14-12-8/h2-3H,4H2,1H3,(H,10,12). The average molecular weight is 246 g/mol. The molecule has 0 fully saturated rings. The SMILES string of the molecule is Cc1ccsc1CNc1nsnc1Cl. The second kappa shape index (κ2) is 4.25. The van der Waals surface area contributed by atoms with E-state index in [0.29, 0.717) is 11.0 Å². The first-order valence-corrected chi connectivity index (χ1v) is 6.01. The van der Waals surface area contributed by atoms with Gasteiger partial charge in [-0.25, -0.2) is 0 Å². The van der Waals surface area contributed by atoms with Gasteiger partial charge in [0, 0.05) is 4.88 Å². The van der Waals surface area contributed by atoms with Gasteiger partial charge in [-0.2, -0.15) is 8.75 Å². The molecule has 0 saturated carbocycles. The Morgan fingerprint density at radius 3 is 2.93 bits per heavy atom. The van der Waals surface area contributed by atoms with E-state index < -0.39 is 0 Å². The van der Waals surface area contributed by atoms with E-state index in [1.165, 1.54) is 10.4 Å². The van der Waals surface area contributed by atoms with Gasteiger partial charge in [0.15, 0.2) is 11.0 Å². The van der Waals surface area contributed by atoms with Crippen molar-refractivity contribution in [2.45, 2.75) is 13.5 Å². The monoisotopic (exact) mass is 245 g/mol. The second-order valence-corrected chi connectivity index (χ2v) is 4.67. The number of thiophene rings is 1. The molecule has 3 nitrogen and oxygen atoms in total. The Balaban J connectivity index is 2.02. The van der Waals surface area contributed by atoms with Crippen molar-refractivity contribution in [2.24, 2.45) is 0 Å². The lowest BCUT2D eigenvalue weighted by Crippen LogP contribution is -1.99. The fraction of sp³-hybridized carbons (Fsp3) is 0.250. The van der Waals surface area contributed by atoms with E-state index in [9.17, 15) is 0 Å². The van der Waals surface area contributed by atoms with Crippen LogP contribution in [0.2, 0.25) is 5.15 Å². The second-order valence-electron chi connectivity index (χ2n) is 2.78. The summed E-state index contributed by atoms with van der Waals surface area (Å²) in [7, 11) is 0. The van der Waals surface area contributed by atoms with Crippen LogP contribution in [0.15, 0.2) is 11.4 Å². The number of halogens is 1. The molecule has 2 heterocycles. The van der Waals surface area contributed by atoms with Crippen molar-refractivity contribution in [3.63, 3.8) is 0 Å². The minimum atomic E-state index is 0.448. The van der Waals surface area contributed by atoms with Crippen LogP contribution >= 0.6 is 34.7 Å². The van der Waals surface area contributed by atoms with Gasteiger partial charge in [-0.05, 0) is 23.9 Å². The summed E-state index contributed by atoms with van der Waals surface area (Å²) in [6, 6.07) is 2.10. The molecule has 0 radical (unpaired) electrons. The molecule has 14 heavy (non-hydrogen) atoms. The third kappa shape index (κ3) is 2.05. The lowest BCUT2D eigenvalue weighted by Gasteiger charge is -2.01.